The molecule has 0 bridgehead atoms. The van der Waals surface area contributed by atoms with Crippen molar-refractivity contribution in [2.45, 2.75) is 50.6 Å². The molecule has 2 aliphatic heterocycles. The molecule has 0 N–H and O–H groups in total. The lowest BCUT2D eigenvalue weighted by atomic mass is 9.84. The van der Waals surface area contributed by atoms with Gasteiger partial charge in [-0.05, 0) is 75.7 Å². The highest BCUT2D eigenvalue weighted by Crippen LogP contribution is 2.40. The highest BCUT2D eigenvalue weighted by atomic mass is 15.3. The predicted octanol–water partition coefficient (Wildman–Crippen LogP) is 2.92. The third kappa shape index (κ3) is 3.00. The molecule has 21 heavy (non-hydrogen) atoms. The lowest BCUT2D eigenvalue weighted by molar-refractivity contribution is 0.0461. The number of aromatic nitrogens is 1. The Labute approximate surface area is 128 Å². The van der Waals surface area contributed by atoms with Crippen LogP contribution in [0.1, 0.15) is 44.1 Å². The molecular weight excluding hydrogens is 258 g/mol. The van der Waals surface area contributed by atoms with E-state index in [0.717, 1.165) is 12.5 Å². The molecule has 1 spiro atoms. The third-order valence-corrected chi connectivity index (χ3v) is 5.84. The molecule has 3 fully saturated rings. The second-order valence-electron chi connectivity index (χ2n) is 7.35. The number of likely N-dealkylation sites (tertiary alicyclic amines) is 2. The fourth-order valence-electron chi connectivity index (χ4n) is 4.34. The Morgan fingerprint density at radius 3 is 2.71 bits per heavy atom. The zero-order chi connectivity index (χ0) is 14.1. The summed E-state index contributed by atoms with van der Waals surface area (Å²) >= 11 is 0. The molecular formula is C18H27N3. The molecule has 1 aromatic rings. The van der Waals surface area contributed by atoms with Gasteiger partial charge < -0.3 is 4.90 Å². The average molecular weight is 285 g/mol. The van der Waals surface area contributed by atoms with Crippen LogP contribution < -0.4 is 0 Å². The van der Waals surface area contributed by atoms with Crippen LogP contribution in [0.15, 0.2) is 24.5 Å². The molecule has 3 heteroatoms. The predicted molar refractivity (Wildman–Crippen MR) is 85.0 cm³/mol. The highest BCUT2D eigenvalue weighted by molar-refractivity contribution is 5.11. The van der Waals surface area contributed by atoms with Crippen molar-refractivity contribution < 1.29 is 0 Å². The summed E-state index contributed by atoms with van der Waals surface area (Å²) in [5, 5.41) is 0. The SMILES string of the molecule is c1cncc(CN2CCCC23CCN(CC2CC2)CC3)c1. The summed E-state index contributed by atoms with van der Waals surface area (Å²) in [7, 11) is 0. The van der Waals surface area contributed by atoms with E-state index >= 15 is 0 Å². The quantitative estimate of drug-likeness (QED) is 0.848. The van der Waals surface area contributed by atoms with Crippen LogP contribution in [-0.4, -0.2) is 46.5 Å². The van der Waals surface area contributed by atoms with E-state index in [2.05, 4.69) is 26.9 Å². The smallest absolute Gasteiger partial charge is 0.0312 e. The number of rotatable bonds is 4. The van der Waals surface area contributed by atoms with E-state index in [4.69, 9.17) is 0 Å². The maximum atomic E-state index is 4.28. The fraction of sp³-hybridized carbons (Fsp3) is 0.722. The van der Waals surface area contributed by atoms with Crippen molar-refractivity contribution in [3.05, 3.63) is 30.1 Å². The molecule has 0 atom stereocenters. The molecule has 1 aliphatic carbocycles. The zero-order valence-corrected chi connectivity index (χ0v) is 13.0. The van der Waals surface area contributed by atoms with Gasteiger partial charge in [-0.25, -0.2) is 0 Å². The van der Waals surface area contributed by atoms with Gasteiger partial charge in [0, 0.05) is 31.0 Å². The van der Waals surface area contributed by atoms with Crippen LogP contribution >= 0.6 is 0 Å². The third-order valence-electron chi connectivity index (χ3n) is 5.84. The number of hydrogen-bond acceptors (Lipinski definition) is 3. The van der Waals surface area contributed by atoms with E-state index in [9.17, 15) is 0 Å². The minimum atomic E-state index is 0.496. The molecule has 0 unspecified atom stereocenters. The van der Waals surface area contributed by atoms with Gasteiger partial charge in [-0.1, -0.05) is 6.07 Å². The van der Waals surface area contributed by atoms with E-state index < -0.39 is 0 Å². The summed E-state index contributed by atoms with van der Waals surface area (Å²) in [5.41, 5.74) is 1.87. The topological polar surface area (TPSA) is 19.4 Å². The van der Waals surface area contributed by atoms with Gasteiger partial charge >= 0.3 is 0 Å². The van der Waals surface area contributed by atoms with Gasteiger partial charge in [0.15, 0.2) is 0 Å². The summed E-state index contributed by atoms with van der Waals surface area (Å²) in [6.45, 7) is 6.38. The molecule has 3 heterocycles. The van der Waals surface area contributed by atoms with Crippen molar-refractivity contribution in [1.29, 1.82) is 0 Å². The van der Waals surface area contributed by atoms with Crippen LogP contribution in [0.2, 0.25) is 0 Å². The molecule has 4 rings (SSSR count). The summed E-state index contributed by atoms with van der Waals surface area (Å²) < 4.78 is 0. The second kappa shape index (κ2) is 5.69. The second-order valence-corrected chi connectivity index (χ2v) is 7.35. The van der Waals surface area contributed by atoms with Crippen LogP contribution in [0.4, 0.5) is 0 Å². The summed E-state index contributed by atoms with van der Waals surface area (Å²) in [6, 6.07) is 4.29. The van der Waals surface area contributed by atoms with Gasteiger partial charge in [-0.3, -0.25) is 9.88 Å². The number of pyridine rings is 1. The molecule has 3 nitrogen and oxygen atoms in total. The van der Waals surface area contributed by atoms with E-state index in [1.54, 1.807) is 0 Å². The van der Waals surface area contributed by atoms with Crippen LogP contribution in [0, 0.1) is 5.92 Å². The van der Waals surface area contributed by atoms with E-state index in [1.807, 2.05) is 12.4 Å². The van der Waals surface area contributed by atoms with Gasteiger partial charge in [0.05, 0.1) is 0 Å². The molecule has 114 valence electrons. The van der Waals surface area contributed by atoms with Gasteiger partial charge in [-0.15, -0.1) is 0 Å². The standard InChI is InChI=1S/C18H27N3/c1-3-17(13-19-9-1)15-21-10-2-6-18(21)7-11-20(12-8-18)14-16-4-5-16/h1,3,9,13,16H,2,4-8,10-12,14-15H2. The maximum Gasteiger partial charge on any atom is 0.0312 e. The van der Waals surface area contributed by atoms with Crippen LogP contribution in [0.5, 0.6) is 0 Å². The Morgan fingerprint density at radius 1 is 1.14 bits per heavy atom. The van der Waals surface area contributed by atoms with Gasteiger partial charge in [0.25, 0.3) is 0 Å². The molecule has 0 aromatic carbocycles. The molecule has 0 amide bonds. The first kappa shape index (κ1) is 13.7. The normalized spacial score (nSPS) is 26.5. The van der Waals surface area contributed by atoms with Crippen LogP contribution in [-0.2, 0) is 6.54 Å². The molecule has 1 saturated carbocycles. The summed E-state index contributed by atoms with van der Waals surface area (Å²) in [5.74, 6) is 1.04. The first-order chi connectivity index (χ1) is 10.3. The highest BCUT2D eigenvalue weighted by Gasteiger charge is 2.43. The molecule has 0 radical (unpaired) electrons. The Morgan fingerprint density at radius 2 is 2.00 bits per heavy atom. The summed E-state index contributed by atoms with van der Waals surface area (Å²) in [4.78, 5) is 9.77. The van der Waals surface area contributed by atoms with Crippen molar-refractivity contribution in [1.82, 2.24) is 14.8 Å². The van der Waals surface area contributed by atoms with Gasteiger partial charge in [0.2, 0.25) is 0 Å². The number of nitrogens with zero attached hydrogens (tertiary/aromatic N) is 3. The van der Waals surface area contributed by atoms with Crippen molar-refractivity contribution >= 4 is 0 Å². The Balaban J connectivity index is 1.39. The van der Waals surface area contributed by atoms with Gasteiger partial charge in [0.1, 0.15) is 0 Å². The zero-order valence-electron chi connectivity index (χ0n) is 13.0. The molecule has 1 aromatic heterocycles. The van der Waals surface area contributed by atoms with E-state index in [-0.39, 0.29) is 0 Å². The van der Waals surface area contributed by atoms with E-state index in [1.165, 1.54) is 70.3 Å². The Hall–Kier alpha value is -0.930. The largest absolute Gasteiger partial charge is 0.303 e. The Bertz CT molecular complexity index is 461. The first-order valence-corrected chi connectivity index (χ1v) is 8.70. The number of hydrogen-bond donors (Lipinski definition) is 0. The summed E-state index contributed by atoms with van der Waals surface area (Å²) in [6.07, 6.45) is 12.4. The Kier molecular flexibility index (Phi) is 3.72. The lowest BCUT2D eigenvalue weighted by Crippen LogP contribution is -2.52. The molecule has 3 aliphatic rings. The minimum Gasteiger partial charge on any atom is -0.303 e. The lowest BCUT2D eigenvalue weighted by Gasteiger charge is -2.45. The first-order valence-electron chi connectivity index (χ1n) is 8.70. The van der Waals surface area contributed by atoms with Crippen LogP contribution in [0.3, 0.4) is 0 Å². The van der Waals surface area contributed by atoms with E-state index in [0.29, 0.717) is 5.54 Å². The molecule has 2 saturated heterocycles. The van der Waals surface area contributed by atoms with Crippen LogP contribution in [0.25, 0.3) is 0 Å². The van der Waals surface area contributed by atoms with Crippen molar-refractivity contribution in [2.24, 2.45) is 5.92 Å². The van der Waals surface area contributed by atoms with Gasteiger partial charge in [-0.2, -0.15) is 0 Å². The van der Waals surface area contributed by atoms with Crippen molar-refractivity contribution in [3.8, 4) is 0 Å². The van der Waals surface area contributed by atoms with Crippen molar-refractivity contribution in [3.63, 3.8) is 0 Å². The minimum absolute atomic E-state index is 0.496. The average Bonchev–Trinajstić information content (AvgIpc) is 3.26. The fourth-order valence-corrected chi connectivity index (χ4v) is 4.34. The van der Waals surface area contributed by atoms with Crippen molar-refractivity contribution in [2.75, 3.05) is 26.2 Å². The monoisotopic (exact) mass is 285 g/mol. The number of piperidine rings is 1. The maximum absolute atomic E-state index is 4.28.